The zero-order chi connectivity index (χ0) is 23.3. The summed E-state index contributed by atoms with van der Waals surface area (Å²) in [6, 6.07) is 38.4. The Morgan fingerprint density at radius 2 is 1.26 bits per heavy atom. The van der Waals surface area contributed by atoms with Gasteiger partial charge in [-0.15, -0.1) is 11.3 Å². The van der Waals surface area contributed by atoms with E-state index >= 15 is 0 Å². The minimum Gasteiger partial charge on any atom is -0.309 e. The summed E-state index contributed by atoms with van der Waals surface area (Å²) in [4.78, 5) is 0. The van der Waals surface area contributed by atoms with Gasteiger partial charge in [0.25, 0.3) is 0 Å². The zero-order valence-corrected chi connectivity index (χ0v) is 20.5. The van der Waals surface area contributed by atoms with Gasteiger partial charge in [0.05, 0.1) is 16.7 Å². The Morgan fingerprint density at radius 1 is 0.571 bits per heavy atom. The first kappa shape index (κ1) is 19.4. The first-order chi connectivity index (χ1) is 17.1. The molecular weight excluding hydrogens is 442 g/mol. The Morgan fingerprint density at radius 3 is 2.17 bits per heavy atom. The van der Waals surface area contributed by atoms with Crippen molar-refractivity contribution >= 4 is 53.3 Å². The second-order valence-corrected chi connectivity index (χ2v) is 11.3. The lowest BCUT2D eigenvalue weighted by atomic mass is 9.75. The third-order valence-electron chi connectivity index (χ3n) is 7.99. The molecule has 0 saturated carbocycles. The highest BCUT2D eigenvalue weighted by molar-refractivity contribution is 7.25. The maximum Gasteiger partial charge on any atom is 0.0582 e. The summed E-state index contributed by atoms with van der Waals surface area (Å²) >= 11 is 1.87. The van der Waals surface area contributed by atoms with Gasteiger partial charge in [-0.1, -0.05) is 80.6 Å². The van der Waals surface area contributed by atoms with Crippen LogP contribution in [0.25, 0.3) is 58.8 Å². The highest BCUT2D eigenvalue weighted by Crippen LogP contribution is 2.48. The van der Waals surface area contributed by atoms with E-state index in [1.54, 1.807) is 0 Å². The number of nitrogens with zero attached hydrogens (tertiary/aromatic N) is 1. The van der Waals surface area contributed by atoms with E-state index in [2.05, 4.69) is 122 Å². The molecule has 1 nitrogen and oxygen atoms in total. The molecule has 8 rings (SSSR count). The molecule has 0 bridgehead atoms. The molecule has 0 amide bonds. The number of thiophene rings is 1. The fraction of sp³-hybridized carbons (Fsp3) is 0.0909. The smallest absolute Gasteiger partial charge is 0.0582 e. The lowest BCUT2D eigenvalue weighted by Gasteiger charge is -2.34. The van der Waals surface area contributed by atoms with E-state index in [-0.39, 0.29) is 5.41 Å². The third kappa shape index (κ3) is 2.47. The molecule has 0 spiro atoms. The summed E-state index contributed by atoms with van der Waals surface area (Å²) in [5, 5.41) is 5.36. The van der Waals surface area contributed by atoms with Crippen molar-refractivity contribution in [3.05, 3.63) is 114 Å². The van der Waals surface area contributed by atoms with Gasteiger partial charge in [0.2, 0.25) is 0 Å². The van der Waals surface area contributed by atoms with E-state index < -0.39 is 0 Å². The summed E-state index contributed by atoms with van der Waals surface area (Å²) in [5.74, 6) is 0. The lowest BCUT2D eigenvalue weighted by molar-refractivity contribution is 0.630. The van der Waals surface area contributed by atoms with Crippen molar-refractivity contribution < 1.29 is 0 Å². The number of benzene rings is 5. The van der Waals surface area contributed by atoms with E-state index in [0.29, 0.717) is 0 Å². The molecule has 0 unspecified atom stereocenters. The van der Waals surface area contributed by atoms with Gasteiger partial charge in [-0.3, -0.25) is 0 Å². The van der Waals surface area contributed by atoms with E-state index in [0.717, 1.165) is 0 Å². The van der Waals surface area contributed by atoms with Crippen LogP contribution >= 0.6 is 11.3 Å². The fourth-order valence-electron chi connectivity index (χ4n) is 6.25. The summed E-state index contributed by atoms with van der Waals surface area (Å²) in [7, 11) is 0. The molecule has 2 aromatic heterocycles. The second-order valence-electron chi connectivity index (χ2n) is 10.2. The first-order valence-electron chi connectivity index (χ1n) is 12.2. The molecular formula is C33H23NS. The maximum atomic E-state index is 2.49. The van der Waals surface area contributed by atoms with E-state index in [1.165, 1.54) is 69.9 Å². The molecule has 7 aromatic rings. The molecule has 1 aliphatic heterocycles. The quantitative estimate of drug-likeness (QED) is 0.227. The number of aromatic nitrogens is 1. The molecule has 2 heteroatoms. The number of hydrogen-bond acceptors (Lipinski definition) is 1. The monoisotopic (exact) mass is 465 g/mol. The van der Waals surface area contributed by atoms with Crippen LogP contribution in [-0.2, 0) is 5.41 Å². The van der Waals surface area contributed by atoms with Crippen LogP contribution in [0.4, 0.5) is 0 Å². The fourth-order valence-corrected chi connectivity index (χ4v) is 7.34. The van der Waals surface area contributed by atoms with Crippen LogP contribution in [0, 0.1) is 0 Å². The molecule has 0 N–H and O–H groups in total. The van der Waals surface area contributed by atoms with Crippen molar-refractivity contribution in [2.45, 2.75) is 19.3 Å². The summed E-state index contributed by atoms with van der Waals surface area (Å²) < 4.78 is 5.19. The standard InChI is InChI=1S/C33H23NS/c1-33(2)26-10-4-5-12-29(26)34-28-16-14-20(18-24(28)23-9-7-11-27(33)32(23)34)21-15-17-31-25(19-21)22-8-3-6-13-30(22)35-31/h3-19H,1-2H3. The highest BCUT2D eigenvalue weighted by Gasteiger charge is 2.34. The molecule has 0 radical (unpaired) electrons. The number of para-hydroxylation sites is 2. The third-order valence-corrected chi connectivity index (χ3v) is 9.14. The van der Waals surface area contributed by atoms with Crippen molar-refractivity contribution in [3.63, 3.8) is 0 Å². The minimum atomic E-state index is -0.0334. The molecule has 0 fully saturated rings. The Labute approximate surface area is 207 Å². The predicted octanol–water partition coefficient (Wildman–Crippen LogP) is 9.46. The van der Waals surface area contributed by atoms with Crippen LogP contribution in [0.3, 0.4) is 0 Å². The van der Waals surface area contributed by atoms with Crippen molar-refractivity contribution in [1.29, 1.82) is 0 Å². The number of rotatable bonds is 1. The normalized spacial score (nSPS) is 14.2. The van der Waals surface area contributed by atoms with Crippen LogP contribution in [0.15, 0.2) is 103 Å². The van der Waals surface area contributed by atoms with Gasteiger partial charge in [-0.05, 0) is 58.7 Å². The van der Waals surface area contributed by atoms with Crippen LogP contribution in [0.1, 0.15) is 25.0 Å². The maximum absolute atomic E-state index is 2.49. The van der Waals surface area contributed by atoms with Gasteiger partial charge < -0.3 is 4.57 Å². The average Bonchev–Trinajstić information content (AvgIpc) is 3.43. The van der Waals surface area contributed by atoms with Crippen LogP contribution < -0.4 is 0 Å². The molecule has 0 saturated heterocycles. The summed E-state index contributed by atoms with van der Waals surface area (Å²) in [6.45, 7) is 4.71. The SMILES string of the molecule is CC1(C)c2ccccc2-n2c3ccc(-c4ccc5sc6ccccc6c5c4)cc3c3cccc1c32. The summed E-state index contributed by atoms with van der Waals surface area (Å²) in [5.41, 5.74) is 9.23. The lowest BCUT2D eigenvalue weighted by Crippen LogP contribution is -2.26. The Balaban J connectivity index is 1.43. The van der Waals surface area contributed by atoms with Gasteiger partial charge in [0, 0.05) is 36.4 Å². The van der Waals surface area contributed by atoms with Gasteiger partial charge in [0.15, 0.2) is 0 Å². The van der Waals surface area contributed by atoms with Crippen molar-refractivity contribution in [3.8, 4) is 16.8 Å². The molecule has 5 aromatic carbocycles. The predicted molar refractivity (Wildman–Crippen MR) is 151 cm³/mol. The number of fused-ring (bicyclic) bond motifs is 8. The average molecular weight is 466 g/mol. The second kappa shape index (κ2) is 6.62. The van der Waals surface area contributed by atoms with Crippen LogP contribution in [0.2, 0.25) is 0 Å². The van der Waals surface area contributed by atoms with Gasteiger partial charge >= 0.3 is 0 Å². The molecule has 35 heavy (non-hydrogen) atoms. The van der Waals surface area contributed by atoms with Crippen LogP contribution in [-0.4, -0.2) is 4.57 Å². The van der Waals surface area contributed by atoms with Crippen molar-refractivity contribution in [1.82, 2.24) is 4.57 Å². The van der Waals surface area contributed by atoms with Gasteiger partial charge in [0.1, 0.15) is 0 Å². The topological polar surface area (TPSA) is 4.93 Å². The Kier molecular flexibility index (Phi) is 3.67. The summed E-state index contributed by atoms with van der Waals surface area (Å²) in [6.07, 6.45) is 0. The molecule has 166 valence electrons. The van der Waals surface area contributed by atoms with E-state index in [9.17, 15) is 0 Å². The highest BCUT2D eigenvalue weighted by atomic mass is 32.1. The van der Waals surface area contributed by atoms with Crippen molar-refractivity contribution in [2.75, 3.05) is 0 Å². The zero-order valence-electron chi connectivity index (χ0n) is 19.7. The Bertz CT molecular complexity index is 1980. The van der Waals surface area contributed by atoms with Gasteiger partial charge in [-0.2, -0.15) is 0 Å². The largest absolute Gasteiger partial charge is 0.309 e. The Hall–Kier alpha value is -3.88. The molecule has 3 heterocycles. The molecule has 0 aliphatic carbocycles. The first-order valence-corrected chi connectivity index (χ1v) is 13.0. The van der Waals surface area contributed by atoms with Crippen molar-refractivity contribution in [2.24, 2.45) is 0 Å². The van der Waals surface area contributed by atoms with Gasteiger partial charge in [-0.25, -0.2) is 0 Å². The minimum absolute atomic E-state index is 0.0334. The number of hydrogen-bond donors (Lipinski definition) is 0. The molecule has 0 atom stereocenters. The van der Waals surface area contributed by atoms with E-state index in [1.807, 2.05) is 11.3 Å². The molecule has 1 aliphatic rings. The van der Waals surface area contributed by atoms with Crippen LogP contribution in [0.5, 0.6) is 0 Å². The van der Waals surface area contributed by atoms with E-state index in [4.69, 9.17) is 0 Å².